The Balaban J connectivity index is 1.51. The Morgan fingerprint density at radius 1 is 0.976 bits per heavy atom. The van der Waals surface area contributed by atoms with Gasteiger partial charge in [-0.15, -0.1) is 10.2 Å². The van der Waals surface area contributed by atoms with E-state index in [-0.39, 0.29) is 33.5 Å². The lowest BCUT2D eigenvalue weighted by atomic mass is 9.92. The third-order valence-corrected chi connectivity index (χ3v) is 6.97. The topological polar surface area (TPSA) is 88.4 Å². The van der Waals surface area contributed by atoms with Crippen molar-refractivity contribution in [2.75, 3.05) is 5.32 Å². The molecular weight excluding hydrogens is 569 g/mol. The van der Waals surface area contributed by atoms with Crippen molar-refractivity contribution in [2.45, 2.75) is 12.2 Å². The number of anilines is 1. The number of hydrogen-bond acceptors (Lipinski definition) is 4. The highest BCUT2D eigenvalue weighted by atomic mass is 35.5. The van der Waals surface area contributed by atoms with E-state index in [0.717, 1.165) is 12.1 Å². The summed E-state index contributed by atoms with van der Waals surface area (Å²) in [6.07, 6.45) is -1.73. The fourth-order valence-electron chi connectivity index (χ4n) is 4.75. The standard InChI is InChI=1S/C28H15ClF5N5O2/c29-21-2-1-17(30)11-19(21)25-24-20(27(41)37-25)7-14(13-3-4-39-12-35-38-23(39)9-13)8-22(24)36-26(40)15-5-16(28(32,33)34)10-18(31)6-15/h1-12,25H,(H,36,40)(H,37,41). The summed E-state index contributed by atoms with van der Waals surface area (Å²) in [7, 11) is 0. The molecular formula is C28H15ClF5N5O2. The molecule has 2 N–H and O–H groups in total. The molecule has 1 aliphatic heterocycles. The number of alkyl halides is 3. The van der Waals surface area contributed by atoms with Crippen molar-refractivity contribution in [3.05, 3.63) is 118 Å². The van der Waals surface area contributed by atoms with E-state index in [0.29, 0.717) is 28.9 Å². The number of aromatic nitrogens is 3. The van der Waals surface area contributed by atoms with Crippen molar-refractivity contribution < 1.29 is 31.5 Å². The van der Waals surface area contributed by atoms with E-state index in [9.17, 15) is 31.5 Å². The van der Waals surface area contributed by atoms with Crippen LogP contribution < -0.4 is 10.6 Å². The normalized spacial score (nSPS) is 14.7. The molecule has 0 radical (unpaired) electrons. The molecule has 0 saturated carbocycles. The van der Waals surface area contributed by atoms with Crippen LogP contribution in [0.3, 0.4) is 0 Å². The second-order valence-electron chi connectivity index (χ2n) is 9.25. The summed E-state index contributed by atoms with van der Waals surface area (Å²) in [5.41, 5.74) is 0.0953. The van der Waals surface area contributed by atoms with Crippen LogP contribution in [0.1, 0.15) is 43.4 Å². The Hall–Kier alpha value is -4.84. The zero-order valence-electron chi connectivity index (χ0n) is 20.4. The first-order valence-electron chi connectivity index (χ1n) is 11.9. The molecule has 1 unspecified atom stereocenters. The molecule has 1 atom stereocenters. The summed E-state index contributed by atoms with van der Waals surface area (Å²) in [5.74, 6) is -3.51. The minimum atomic E-state index is -4.89. The Kier molecular flexibility index (Phi) is 6.22. The molecule has 6 rings (SSSR count). The number of carbonyl (C=O) groups excluding carboxylic acids is 2. The van der Waals surface area contributed by atoms with Crippen molar-refractivity contribution in [1.82, 2.24) is 19.9 Å². The third kappa shape index (κ3) is 4.86. The van der Waals surface area contributed by atoms with Crippen LogP contribution >= 0.6 is 11.6 Å². The smallest absolute Gasteiger partial charge is 0.341 e. The maximum Gasteiger partial charge on any atom is 0.416 e. The number of pyridine rings is 1. The summed E-state index contributed by atoms with van der Waals surface area (Å²) in [6.45, 7) is 0. The lowest BCUT2D eigenvalue weighted by molar-refractivity contribution is -0.137. The predicted octanol–water partition coefficient (Wildman–Crippen LogP) is 6.43. The number of hydrogen-bond donors (Lipinski definition) is 2. The van der Waals surface area contributed by atoms with Crippen molar-refractivity contribution in [1.29, 1.82) is 0 Å². The van der Waals surface area contributed by atoms with Crippen LogP contribution in [-0.2, 0) is 6.18 Å². The van der Waals surface area contributed by atoms with Gasteiger partial charge in [0.05, 0.1) is 11.6 Å². The van der Waals surface area contributed by atoms with Gasteiger partial charge in [0, 0.05) is 39.2 Å². The van der Waals surface area contributed by atoms with Gasteiger partial charge in [-0.2, -0.15) is 13.2 Å². The minimum Gasteiger partial charge on any atom is -0.341 e. The van der Waals surface area contributed by atoms with Crippen LogP contribution in [0.25, 0.3) is 16.8 Å². The van der Waals surface area contributed by atoms with Gasteiger partial charge in [0.15, 0.2) is 5.65 Å². The molecule has 0 spiro atoms. The Morgan fingerprint density at radius 3 is 2.56 bits per heavy atom. The molecule has 5 aromatic rings. The van der Waals surface area contributed by atoms with E-state index in [4.69, 9.17) is 11.6 Å². The van der Waals surface area contributed by atoms with Crippen molar-refractivity contribution >= 4 is 34.7 Å². The van der Waals surface area contributed by atoms with E-state index in [1.807, 2.05) is 0 Å². The first-order chi connectivity index (χ1) is 19.5. The van der Waals surface area contributed by atoms with E-state index in [2.05, 4.69) is 20.8 Å². The second kappa shape index (κ2) is 9.66. The molecule has 1 aliphatic rings. The van der Waals surface area contributed by atoms with E-state index >= 15 is 0 Å². The average Bonchev–Trinajstić information content (AvgIpc) is 3.53. The highest BCUT2D eigenvalue weighted by Gasteiger charge is 2.36. The minimum absolute atomic E-state index is 0.0188. The van der Waals surface area contributed by atoms with E-state index < -0.39 is 46.8 Å². The first-order valence-corrected chi connectivity index (χ1v) is 12.3. The van der Waals surface area contributed by atoms with Crippen LogP contribution in [0.2, 0.25) is 5.02 Å². The van der Waals surface area contributed by atoms with Gasteiger partial charge in [0.25, 0.3) is 11.8 Å². The molecule has 0 saturated heterocycles. The molecule has 206 valence electrons. The number of carbonyl (C=O) groups is 2. The van der Waals surface area contributed by atoms with Gasteiger partial charge in [-0.05, 0) is 71.8 Å². The van der Waals surface area contributed by atoms with Crippen molar-refractivity contribution in [3.63, 3.8) is 0 Å². The molecule has 0 fully saturated rings. The summed E-state index contributed by atoms with van der Waals surface area (Å²) in [5, 5.41) is 13.2. The first kappa shape index (κ1) is 26.4. The Labute approximate surface area is 232 Å². The van der Waals surface area contributed by atoms with Crippen molar-refractivity contribution in [3.8, 4) is 11.1 Å². The van der Waals surface area contributed by atoms with Gasteiger partial charge in [-0.3, -0.25) is 14.0 Å². The highest BCUT2D eigenvalue weighted by Crippen LogP contribution is 2.42. The molecule has 0 bridgehead atoms. The molecule has 3 heterocycles. The number of nitrogens with one attached hydrogen (secondary N) is 2. The van der Waals surface area contributed by atoms with E-state index in [1.54, 1.807) is 28.8 Å². The fraction of sp³-hybridized carbons (Fsp3) is 0.0714. The quantitative estimate of drug-likeness (QED) is 0.239. The number of halogens is 6. The lowest BCUT2D eigenvalue weighted by Gasteiger charge is -2.19. The molecule has 41 heavy (non-hydrogen) atoms. The maximum atomic E-state index is 14.2. The molecule has 0 aliphatic carbocycles. The predicted molar refractivity (Wildman–Crippen MR) is 138 cm³/mol. The number of benzene rings is 3. The van der Waals surface area contributed by atoms with Crippen LogP contribution in [0.5, 0.6) is 0 Å². The summed E-state index contributed by atoms with van der Waals surface area (Å²) in [4.78, 5) is 26.4. The highest BCUT2D eigenvalue weighted by molar-refractivity contribution is 6.31. The van der Waals surface area contributed by atoms with Crippen molar-refractivity contribution in [2.24, 2.45) is 0 Å². The van der Waals surface area contributed by atoms with Crippen LogP contribution in [0.15, 0.2) is 73.2 Å². The lowest BCUT2D eigenvalue weighted by Crippen LogP contribution is -2.21. The van der Waals surface area contributed by atoms with Gasteiger partial charge in [0.1, 0.15) is 18.0 Å². The van der Waals surface area contributed by atoms with Crippen LogP contribution in [0, 0.1) is 11.6 Å². The van der Waals surface area contributed by atoms with Gasteiger partial charge < -0.3 is 10.6 Å². The molecule has 13 heteroatoms. The average molecular weight is 584 g/mol. The largest absolute Gasteiger partial charge is 0.416 e. The number of nitrogens with zero attached hydrogens (tertiary/aromatic N) is 3. The fourth-order valence-corrected chi connectivity index (χ4v) is 4.97. The summed E-state index contributed by atoms with van der Waals surface area (Å²) in [6, 6.07) is 10.5. The van der Waals surface area contributed by atoms with E-state index in [1.165, 1.54) is 18.5 Å². The second-order valence-corrected chi connectivity index (χ2v) is 9.66. The van der Waals surface area contributed by atoms with Gasteiger partial charge in [0.2, 0.25) is 0 Å². The number of amides is 2. The van der Waals surface area contributed by atoms with Gasteiger partial charge >= 0.3 is 6.18 Å². The molecule has 3 aromatic carbocycles. The SMILES string of the molecule is O=C(Nc1cc(-c2ccn3cnnc3c2)cc2c1C(c1cc(F)ccc1Cl)NC2=O)c1cc(F)cc(C(F)(F)F)c1. The third-order valence-electron chi connectivity index (χ3n) is 6.63. The zero-order chi connectivity index (χ0) is 29.1. The zero-order valence-corrected chi connectivity index (χ0v) is 21.2. The summed E-state index contributed by atoms with van der Waals surface area (Å²) >= 11 is 6.33. The Morgan fingerprint density at radius 2 is 1.78 bits per heavy atom. The maximum absolute atomic E-state index is 14.2. The van der Waals surface area contributed by atoms with Gasteiger partial charge in [-0.25, -0.2) is 8.78 Å². The summed E-state index contributed by atoms with van der Waals surface area (Å²) < 4.78 is 69.8. The molecule has 2 amide bonds. The van der Waals surface area contributed by atoms with Crippen LogP contribution in [-0.4, -0.2) is 26.4 Å². The Bertz CT molecular complexity index is 1890. The number of fused-ring (bicyclic) bond motifs is 2. The number of rotatable bonds is 4. The molecule has 7 nitrogen and oxygen atoms in total. The van der Waals surface area contributed by atoms with Gasteiger partial charge in [-0.1, -0.05) is 11.6 Å². The monoisotopic (exact) mass is 583 g/mol. The molecule has 2 aromatic heterocycles. The van der Waals surface area contributed by atoms with Crippen LogP contribution in [0.4, 0.5) is 27.6 Å².